The Kier molecular flexibility index (Phi) is 4.35. The van der Waals surface area contributed by atoms with Gasteiger partial charge in [0.05, 0.1) is 13.0 Å². The van der Waals surface area contributed by atoms with Crippen molar-refractivity contribution >= 4 is 5.97 Å². The normalized spacial score (nSPS) is 11.9. The quantitative estimate of drug-likeness (QED) is 0.908. The van der Waals surface area contributed by atoms with E-state index in [1.807, 2.05) is 37.3 Å². The van der Waals surface area contributed by atoms with E-state index in [1.165, 1.54) is 7.11 Å². The number of carboxylic acid groups (broad SMARTS) is 1. The zero-order valence-corrected chi connectivity index (χ0v) is 11.5. The first-order valence-electron chi connectivity index (χ1n) is 6.39. The van der Waals surface area contributed by atoms with Crippen LogP contribution in [0.5, 0.6) is 5.88 Å². The number of aryl methyl sites for hydroxylation is 1. The number of pyridine rings is 1. The van der Waals surface area contributed by atoms with Gasteiger partial charge in [0.15, 0.2) is 0 Å². The molecule has 2 aromatic rings. The summed E-state index contributed by atoms with van der Waals surface area (Å²) in [6.45, 7) is 1.98. The third-order valence-electron chi connectivity index (χ3n) is 3.25. The van der Waals surface area contributed by atoms with Gasteiger partial charge >= 0.3 is 5.97 Å². The Balaban J connectivity index is 2.30. The predicted octanol–water partition coefficient (Wildman–Crippen LogP) is 2.81. The Morgan fingerprint density at radius 2 is 2.00 bits per heavy atom. The maximum Gasteiger partial charge on any atom is 0.311 e. The van der Waals surface area contributed by atoms with Gasteiger partial charge in [-0.25, -0.2) is 4.98 Å². The van der Waals surface area contributed by atoms with E-state index in [4.69, 9.17) is 4.74 Å². The van der Waals surface area contributed by atoms with Crippen molar-refractivity contribution in [2.24, 2.45) is 0 Å². The lowest BCUT2D eigenvalue weighted by Gasteiger charge is -2.14. The molecule has 0 fully saturated rings. The first-order chi connectivity index (χ1) is 9.61. The molecule has 104 valence electrons. The highest BCUT2D eigenvalue weighted by atomic mass is 16.5. The molecule has 1 unspecified atom stereocenters. The minimum atomic E-state index is -0.847. The largest absolute Gasteiger partial charge is 0.481 e. The molecule has 0 saturated heterocycles. The summed E-state index contributed by atoms with van der Waals surface area (Å²) < 4.78 is 5.18. The highest BCUT2D eigenvalue weighted by Crippen LogP contribution is 2.25. The van der Waals surface area contributed by atoms with Crippen molar-refractivity contribution in [3.8, 4) is 5.88 Å². The minimum absolute atomic E-state index is 0.357. The van der Waals surface area contributed by atoms with Crippen LogP contribution in [0.25, 0.3) is 0 Å². The second kappa shape index (κ2) is 6.19. The number of aromatic nitrogens is 1. The van der Waals surface area contributed by atoms with Gasteiger partial charge in [-0.2, -0.15) is 0 Å². The Morgan fingerprint density at radius 3 is 2.60 bits per heavy atom. The number of methoxy groups -OCH3 is 1. The molecule has 0 spiro atoms. The maximum absolute atomic E-state index is 11.5. The van der Waals surface area contributed by atoms with E-state index in [1.54, 1.807) is 12.3 Å². The van der Waals surface area contributed by atoms with Crippen LogP contribution in [0.1, 0.15) is 22.6 Å². The Hall–Kier alpha value is -2.36. The van der Waals surface area contributed by atoms with Gasteiger partial charge in [0.2, 0.25) is 5.88 Å². The van der Waals surface area contributed by atoms with Gasteiger partial charge < -0.3 is 9.84 Å². The van der Waals surface area contributed by atoms with Crippen molar-refractivity contribution in [2.75, 3.05) is 7.11 Å². The van der Waals surface area contributed by atoms with Gasteiger partial charge in [0.1, 0.15) is 0 Å². The zero-order chi connectivity index (χ0) is 14.5. The molecule has 1 atom stereocenters. The average molecular weight is 271 g/mol. The average Bonchev–Trinajstić information content (AvgIpc) is 2.46. The summed E-state index contributed by atoms with van der Waals surface area (Å²) >= 11 is 0. The lowest BCUT2D eigenvalue weighted by atomic mass is 9.92. The number of nitrogens with zero attached hydrogens (tertiary/aromatic N) is 1. The third-order valence-corrected chi connectivity index (χ3v) is 3.25. The fraction of sp³-hybridized carbons (Fsp3) is 0.250. The summed E-state index contributed by atoms with van der Waals surface area (Å²) in [5.41, 5.74) is 2.69. The van der Waals surface area contributed by atoms with Crippen LogP contribution in [-0.4, -0.2) is 23.2 Å². The van der Waals surface area contributed by atoms with Gasteiger partial charge in [0, 0.05) is 11.8 Å². The molecule has 0 bridgehead atoms. The maximum atomic E-state index is 11.5. The number of hydrogen-bond acceptors (Lipinski definition) is 3. The van der Waals surface area contributed by atoms with Crippen LogP contribution in [0.4, 0.5) is 0 Å². The van der Waals surface area contributed by atoms with Gasteiger partial charge in [-0.15, -0.1) is 0 Å². The Morgan fingerprint density at radius 1 is 1.30 bits per heavy atom. The molecule has 0 amide bonds. The van der Waals surface area contributed by atoms with Crippen LogP contribution in [0.3, 0.4) is 0 Å². The van der Waals surface area contributed by atoms with E-state index < -0.39 is 11.9 Å². The molecule has 0 aliphatic heterocycles. The van der Waals surface area contributed by atoms with Crippen molar-refractivity contribution in [3.63, 3.8) is 0 Å². The van der Waals surface area contributed by atoms with Crippen molar-refractivity contribution in [2.45, 2.75) is 19.3 Å². The monoisotopic (exact) mass is 271 g/mol. The topological polar surface area (TPSA) is 59.4 Å². The number of rotatable bonds is 5. The lowest BCUT2D eigenvalue weighted by Crippen LogP contribution is -2.15. The third kappa shape index (κ3) is 3.15. The second-order valence-electron chi connectivity index (χ2n) is 4.68. The standard InChI is InChI=1S/C16H17NO3/c1-11-5-7-12(8-6-11)14(16(18)19)10-13-4-3-9-17-15(13)20-2/h3-9,14H,10H2,1-2H3,(H,18,19). The Bertz CT molecular complexity index is 593. The molecule has 1 aromatic carbocycles. The SMILES string of the molecule is COc1ncccc1CC(C(=O)O)c1ccc(C)cc1. The molecular formula is C16H17NO3. The number of aliphatic carboxylic acids is 1. The van der Waals surface area contributed by atoms with Crippen molar-refractivity contribution < 1.29 is 14.6 Å². The molecule has 0 radical (unpaired) electrons. The van der Waals surface area contributed by atoms with Crippen LogP contribution in [0.15, 0.2) is 42.6 Å². The van der Waals surface area contributed by atoms with E-state index in [9.17, 15) is 9.90 Å². The molecule has 1 heterocycles. The van der Waals surface area contributed by atoms with E-state index in [2.05, 4.69) is 4.98 Å². The van der Waals surface area contributed by atoms with Gasteiger partial charge in [-0.1, -0.05) is 35.9 Å². The molecule has 2 rings (SSSR count). The summed E-state index contributed by atoms with van der Waals surface area (Å²) in [7, 11) is 1.54. The zero-order valence-electron chi connectivity index (χ0n) is 11.5. The first kappa shape index (κ1) is 14.1. The van der Waals surface area contributed by atoms with Crippen LogP contribution < -0.4 is 4.74 Å². The van der Waals surface area contributed by atoms with Gasteiger partial charge in [0.25, 0.3) is 0 Å². The van der Waals surface area contributed by atoms with Crippen molar-refractivity contribution in [1.82, 2.24) is 4.98 Å². The number of ether oxygens (including phenoxy) is 1. The molecule has 0 saturated carbocycles. The summed E-state index contributed by atoms with van der Waals surface area (Å²) in [6, 6.07) is 11.2. The minimum Gasteiger partial charge on any atom is -0.481 e. The highest BCUT2D eigenvalue weighted by Gasteiger charge is 2.22. The van der Waals surface area contributed by atoms with Gasteiger partial charge in [-0.05, 0) is 25.0 Å². The molecule has 20 heavy (non-hydrogen) atoms. The first-order valence-corrected chi connectivity index (χ1v) is 6.39. The highest BCUT2D eigenvalue weighted by molar-refractivity contribution is 5.76. The van der Waals surface area contributed by atoms with Crippen molar-refractivity contribution in [3.05, 3.63) is 59.3 Å². The van der Waals surface area contributed by atoms with E-state index >= 15 is 0 Å². The number of hydrogen-bond donors (Lipinski definition) is 1. The fourth-order valence-electron chi connectivity index (χ4n) is 2.13. The van der Waals surface area contributed by atoms with E-state index in [0.29, 0.717) is 12.3 Å². The van der Waals surface area contributed by atoms with E-state index in [0.717, 1.165) is 16.7 Å². The van der Waals surface area contributed by atoms with Crippen LogP contribution in [-0.2, 0) is 11.2 Å². The number of carboxylic acids is 1. The Labute approximate surface area is 118 Å². The lowest BCUT2D eigenvalue weighted by molar-refractivity contribution is -0.138. The summed E-state index contributed by atoms with van der Waals surface area (Å²) in [5.74, 6) is -0.973. The fourth-order valence-corrected chi connectivity index (χ4v) is 2.13. The van der Waals surface area contributed by atoms with Crippen LogP contribution >= 0.6 is 0 Å². The summed E-state index contributed by atoms with van der Waals surface area (Å²) in [4.78, 5) is 15.6. The van der Waals surface area contributed by atoms with Crippen molar-refractivity contribution in [1.29, 1.82) is 0 Å². The number of carbonyl (C=O) groups is 1. The molecule has 1 N–H and O–H groups in total. The smallest absolute Gasteiger partial charge is 0.311 e. The van der Waals surface area contributed by atoms with Crippen LogP contribution in [0.2, 0.25) is 0 Å². The van der Waals surface area contributed by atoms with Crippen LogP contribution in [0, 0.1) is 6.92 Å². The second-order valence-corrected chi connectivity index (χ2v) is 4.68. The summed E-state index contributed by atoms with van der Waals surface area (Å²) in [5, 5.41) is 9.46. The van der Waals surface area contributed by atoms with Gasteiger partial charge in [-0.3, -0.25) is 4.79 Å². The molecular weight excluding hydrogens is 254 g/mol. The molecule has 0 aliphatic carbocycles. The predicted molar refractivity (Wildman–Crippen MR) is 76.0 cm³/mol. The molecule has 1 aromatic heterocycles. The van der Waals surface area contributed by atoms with E-state index in [-0.39, 0.29) is 0 Å². The summed E-state index contributed by atoms with van der Waals surface area (Å²) in [6.07, 6.45) is 1.99. The molecule has 4 heteroatoms. The molecule has 0 aliphatic rings. The number of benzene rings is 1. The molecule has 4 nitrogen and oxygen atoms in total.